The fourth-order valence-electron chi connectivity index (χ4n) is 4.45. The van der Waals surface area contributed by atoms with E-state index in [9.17, 15) is 18.0 Å². The van der Waals surface area contributed by atoms with Gasteiger partial charge in [-0.05, 0) is 64.1 Å². The number of pyridine rings is 1. The number of fused-ring (bicyclic) bond motifs is 1. The van der Waals surface area contributed by atoms with Crippen molar-refractivity contribution in [2.75, 3.05) is 13.1 Å². The zero-order valence-corrected chi connectivity index (χ0v) is 23.0. The van der Waals surface area contributed by atoms with Gasteiger partial charge in [-0.2, -0.15) is 0 Å². The molecule has 202 valence electrons. The summed E-state index contributed by atoms with van der Waals surface area (Å²) < 4.78 is 40.4. The lowest BCUT2D eigenvalue weighted by Gasteiger charge is -2.24. The summed E-state index contributed by atoms with van der Waals surface area (Å²) in [6, 6.07) is 15.1. The molecule has 2 atom stereocenters. The molecule has 0 unspecified atom stereocenters. The SMILES string of the molecule is CC(=O)N1C[C@H](C(=O)OC(C)(C)C)[C@H](NS(=O)(=O)c2ccc(OCc3cc(C)nc4ccccc34)cc2)C1. The molecule has 3 aromatic rings. The van der Waals surface area contributed by atoms with Crippen molar-refractivity contribution >= 4 is 32.8 Å². The molecule has 0 saturated carbocycles. The Balaban J connectivity index is 1.46. The van der Waals surface area contributed by atoms with Crippen LogP contribution in [0.5, 0.6) is 5.75 Å². The number of likely N-dealkylation sites (tertiary alicyclic amines) is 1. The van der Waals surface area contributed by atoms with Crippen molar-refractivity contribution < 1.29 is 27.5 Å². The van der Waals surface area contributed by atoms with E-state index >= 15 is 0 Å². The first-order valence-electron chi connectivity index (χ1n) is 12.4. The second-order valence-electron chi connectivity index (χ2n) is 10.5. The summed E-state index contributed by atoms with van der Waals surface area (Å²) in [5.74, 6) is -1.08. The molecule has 1 saturated heterocycles. The smallest absolute Gasteiger partial charge is 0.312 e. The van der Waals surface area contributed by atoms with E-state index in [-0.39, 0.29) is 23.9 Å². The Morgan fingerprint density at radius 2 is 1.76 bits per heavy atom. The Bertz CT molecular complexity index is 1450. The van der Waals surface area contributed by atoms with Gasteiger partial charge in [0.15, 0.2) is 0 Å². The zero-order valence-electron chi connectivity index (χ0n) is 22.2. The van der Waals surface area contributed by atoms with E-state index in [4.69, 9.17) is 9.47 Å². The standard InChI is InChI=1S/C28H33N3O6S/c1-18-14-20(23-8-6-7-9-25(23)29-18)17-36-21-10-12-22(13-11-21)38(34,35)30-26-16-31(19(2)32)15-24(26)27(33)37-28(3,4)5/h6-14,24,26,30H,15-17H2,1-5H3/t24-,26+/m0/s1. The normalized spacial score (nSPS) is 18.0. The zero-order chi connectivity index (χ0) is 27.7. The number of carbonyl (C=O) groups is 2. The molecule has 2 aromatic carbocycles. The van der Waals surface area contributed by atoms with E-state index < -0.39 is 33.6 Å². The molecular weight excluding hydrogens is 506 g/mol. The number of carbonyl (C=O) groups excluding carboxylic acids is 2. The van der Waals surface area contributed by atoms with Crippen molar-refractivity contribution in [3.8, 4) is 5.75 Å². The van der Waals surface area contributed by atoms with Gasteiger partial charge in [-0.1, -0.05) is 18.2 Å². The van der Waals surface area contributed by atoms with Crippen LogP contribution < -0.4 is 9.46 Å². The Hall–Kier alpha value is -3.50. The van der Waals surface area contributed by atoms with E-state index in [2.05, 4.69) is 9.71 Å². The summed E-state index contributed by atoms with van der Waals surface area (Å²) >= 11 is 0. The van der Waals surface area contributed by atoms with Crippen LogP contribution in [0.4, 0.5) is 0 Å². The highest BCUT2D eigenvalue weighted by molar-refractivity contribution is 7.89. The molecular formula is C28H33N3O6S. The van der Waals surface area contributed by atoms with Crippen LogP contribution in [0.3, 0.4) is 0 Å². The number of rotatable bonds is 7. The molecule has 10 heteroatoms. The number of aromatic nitrogens is 1. The maximum atomic E-state index is 13.2. The molecule has 0 aliphatic carbocycles. The number of nitrogens with zero attached hydrogens (tertiary/aromatic N) is 2. The number of hydrogen-bond donors (Lipinski definition) is 1. The monoisotopic (exact) mass is 539 g/mol. The Morgan fingerprint density at radius 3 is 2.42 bits per heavy atom. The molecule has 2 heterocycles. The molecule has 38 heavy (non-hydrogen) atoms. The summed E-state index contributed by atoms with van der Waals surface area (Å²) in [6.07, 6.45) is 0. The molecule has 0 spiro atoms. The van der Waals surface area contributed by atoms with Gasteiger partial charge < -0.3 is 14.4 Å². The van der Waals surface area contributed by atoms with Gasteiger partial charge in [0, 0.05) is 36.7 Å². The van der Waals surface area contributed by atoms with Gasteiger partial charge in [-0.15, -0.1) is 0 Å². The van der Waals surface area contributed by atoms with Crippen LogP contribution in [0.2, 0.25) is 0 Å². The summed E-state index contributed by atoms with van der Waals surface area (Å²) in [5.41, 5.74) is 2.02. The summed E-state index contributed by atoms with van der Waals surface area (Å²) in [7, 11) is -3.98. The lowest BCUT2D eigenvalue weighted by molar-refractivity contribution is -0.159. The van der Waals surface area contributed by atoms with Crippen LogP contribution in [0.25, 0.3) is 10.9 Å². The van der Waals surface area contributed by atoms with Crippen molar-refractivity contribution in [1.29, 1.82) is 0 Å². The lowest BCUT2D eigenvalue weighted by Crippen LogP contribution is -2.44. The second-order valence-corrected chi connectivity index (χ2v) is 12.2. The van der Waals surface area contributed by atoms with Gasteiger partial charge in [-0.3, -0.25) is 14.6 Å². The van der Waals surface area contributed by atoms with Crippen molar-refractivity contribution in [1.82, 2.24) is 14.6 Å². The van der Waals surface area contributed by atoms with Gasteiger partial charge in [-0.25, -0.2) is 13.1 Å². The number of amides is 1. The Labute approximate surface area is 223 Å². The van der Waals surface area contributed by atoms with Crippen molar-refractivity contribution in [3.63, 3.8) is 0 Å². The highest BCUT2D eigenvalue weighted by Gasteiger charge is 2.42. The number of para-hydroxylation sites is 1. The molecule has 0 radical (unpaired) electrons. The van der Waals surface area contributed by atoms with Gasteiger partial charge in [0.25, 0.3) is 0 Å². The van der Waals surface area contributed by atoms with E-state index in [1.54, 1.807) is 32.9 Å². The maximum Gasteiger partial charge on any atom is 0.312 e. The maximum absolute atomic E-state index is 13.2. The third-order valence-corrected chi connectivity index (χ3v) is 7.75. The van der Waals surface area contributed by atoms with Crippen molar-refractivity contribution in [3.05, 3.63) is 65.9 Å². The molecule has 4 rings (SSSR count). The minimum Gasteiger partial charge on any atom is -0.489 e. The molecule has 1 aromatic heterocycles. The third-order valence-electron chi connectivity index (χ3n) is 6.24. The number of nitrogens with one attached hydrogen (secondary N) is 1. The number of aryl methyl sites for hydroxylation is 1. The van der Waals surface area contributed by atoms with E-state index in [1.165, 1.54) is 24.0 Å². The van der Waals surface area contributed by atoms with E-state index in [0.29, 0.717) is 12.4 Å². The highest BCUT2D eigenvalue weighted by atomic mass is 32.2. The Morgan fingerprint density at radius 1 is 1.08 bits per heavy atom. The van der Waals surface area contributed by atoms with Crippen LogP contribution in [-0.4, -0.2) is 54.9 Å². The topological polar surface area (TPSA) is 115 Å². The van der Waals surface area contributed by atoms with Gasteiger partial charge in [0.2, 0.25) is 15.9 Å². The van der Waals surface area contributed by atoms with Crippen LogP contribution in [0, 0.1) is 12.8 Å². The van der Waals surface area contributed by atoms with Crippen molar-refractivity contribution in [2.45, 2.75) is 57.8 Å². The number of sulfonamides is 1. The molecule has 1 fully saturated rings. The first-order chi connectivity index (χ1) is 17.8. The molecule has 9 nitrogen and oxygen atoms in total. The fourth-order valence-corrected chi connectivity index (χ4v) is 5.72. The molecule has 1 amide bonds. The number of hydrogen-bond acceptors (Lipinski definition) is 7. The largest absolute Gasteiger partial charge is 0.489 e. The van der Waals surface area contributed by atoms with Crippen LogP contribution in [0.1, 0.15) is 39.0 Å². The number of benzene rings is 2. The van der Waals surface area contributed by atoms with Crippen LogP contribution >= 0.6 is 0 Å². The summed E-state index contributed by atoms with van der Waals surface area (Å²) in [6.45, 7) is 9.01. The first-order valence-corrected chi connectivity index (χ1v) is 13.9. The molecule has 1 aliphatic rings. The van der Waals surface area contributed by atoms with E-state index in [1.807, 2.05) is 37.3 Å². The fraction of sp³-hybridized carbons (Fsp3) is 0.393. The first kappa shape index (κ1) is 27.5. The number of esters is 1. The Kier molecular flexibility index (Phi) is 7.75. The molecule has 0 bridgehead atoms. The number of ether oxygens (including phenoxy) is 2. The van der Waals surface area contributed by atoms with Crippen LogP contribution in [-0.2, 0) is 31.0 Å². The third kappa shape index (κ3) is 6.49. The minimum atomic E-state index is -3.98. The average Bonchev–Trinajstić information content (AvgIpc) is 3.25. The second kappa shape index (κ2) is 10.7. The predicted octanol–water partition coefficient (Wildman–Crippen LogP) is 3.59. The predicted molar refractivity (Wildman–Crippen MR) is 143 cm³/mol. The average molecular weight is 540 g/mol. The summed E-state index contributed by atoms with van der Waals surface area (Å²) in [5, 5.41) is 0.997. The minimum absolute atomic E-state index is 0.0271. The highest BCUT2D eigenvalue weighted by Crippen LogP contribution is 2.25. The summed E-state index contributed by atoms with van der Waals surface area (Å²) in [4.78, 5) is 30.7. The van der Waals surface area contributed by atoms with E-state index in [0.717, 1.165) is 22.2 Å². The van der Waals surface area contributed by atoms with Crippen molar-refractivity contribution in [2.24, 2.45) is 5.92 Å². The molecule has 1 aliphatic heterocycles. The van der Waals surface area contributed by atoms with Gasteiger partial charge >= 0.3 is 5.97 Å². The lowest BCUT2D eigenvalue weighted by atomic mass is 10.0. The van der Waals surface area contributed by atoms with Gasteiger partial charge in [0.05, 0.1) is 22.4 Å². The van der Waals surface area contributed by atoms with Crippen LogP contribution in [0.15, 0.2) is 59.5 Å². The quantitative estimate of drug-likeness (QED) is 0.456. The van der Waals surface area contributed by atoms with Gasteiger partial charge in [0.1, 0.15) is 18.0 Å². The molecule has 1 N–H and O–H groups in total.